The summed E-state index contributed by atoms with van der Waals surface area (Å²) in [4.78, 5) is 47.0. The number of nitrogens with zero attached hydrogens (tertiary/aromatic N) is 5. The number of rotatable bonds is 5. The van der Waals surface area contributed by atoms with E-state index in [2.05, 4.69) is 34.4 Å². The second-order valence-electron chi connectivity index (χ2n) is 8.86. The molecule has 0 spiro atoms. The van der Waals surface area contributed by atoms with Gasteiger partial charge in [-0.1, -0.05) is 18.2 Å². The zero-order chi connectivity index (χ0) is 23.1. The van der Waals surface area contributed by atoms with E-state index < -0.39 is 5.69 Å². The summed E-state index contributed by atoms with van der Waals surface area (Å²) in [6.45, 7) is 2.03. The Bertz CT molecular complexity index is 1450. The number of nitrogens with one attached hydrogen (secondary N) is 1. The Balaban J connectivity index is 1.19. The number of carbonyl (C=O) groups excluding carboxylic acids is 1. The molecular weight excluding hydrogens is 420 g/mol. The summed E-state index contributed by atoms with van der Waals surface area (Å²) in [7, 11) is 3.07. The van der Waals surface area contributed by atoms with Crippen LogP contribution in [0.3, 0.4) is 0 Å². The molecule has 0 aliphatic carbocycles. The number of amides is 1. The van der Waals surface area contributed by atoms with E-state index in [0.29, 0.717) is 36.5 Å². The van der Waals surface area contributed by atoms with Crippen LogP contribution in [0.15, 0.2) is 46.4 Å². The lowest BCUT2D eigenvalue weighted by Gasteiger charge is -2.32. The Morgan fingerprint density at radius 1 is 1.12 bits per heavy atom. The van der Waals surface area contributed by atoms with Crippen LogP contribution in [0.5, 0.6) is 0 Å². The van der Waals surface area contributed by atoms with Crippen LogP contribution in [0, 0.1) is 0 Å². The molecule has 33 heavy (non-hydrogen) atoms. The smallest absolute Gasteiger partial charge is 0.332 e. The number of benzene rings is 1. The van der Waals surface area contributed by atoms with E-state index in [1.54, 1.807) is 17.9 Å². The Labute approximate surface area is 190 Å². The standard InChI is InChI=1S/C24H28N6O3/c1-27-22-21(23(32)28(2)24(27)33)30(15-26-22)11-5-8-20(31)29-12-9-16(10-13-29)18-14-25-19-7-4-3-6-17(18)19/h3-4,6-7,14-16,25H,5,8-13H2,1-2H3. The second-order valence-corrected chi connectivity index (χ2v) is 8.86. The van der Waals surface area contributed by atoms with Gasteiger partial charge in [0.25, 0.3) is 5.56 Å². The maximum Gasteiger partial charge on any atom is 0.332 e. The van der Waals surface area contributed by atoms with Crippen molar-refractivity contribution in [1.29, 1.82) is 0 Å². The molecule has 0 saturated carbocycles. The minimum absolute atomic E-state index is 0.150. The summed E-state index contributed by atoms with van der Waals surface area (Å²) in [6, 6.07) is 8.35. The number of hydrogen-bond donors (Lipinski definition) is 1. The molecule has 4 aromatic rings. The van der Waals surface area contributed by atoms with Crippen LogP contribution >= 0.6 is 0 Å². The van der Waals surface area contributed by atoms with Gasteiger partial charge in [0.15, 0.2) is 11.2 Å². The van der Waals surface area contributed by atoms with Crippen molar-refractivity contribution in [2.75, 3.05) is 13.1 Å². The summed E-state index contributed by atoms with van der Waals surface area (Å²) in [5.41, 5.74) is 2.51. The number of H-pyrrole nitrogens is 1. The molecule has 5 rings (SSSR count). The monoisotopic (exact) mass is 448 g/mol. The van der Waals surface area contributed by atoms with Crippen molar-refractivity contribution in [2.24, 2.45) is 14.1 Å². The minimum Gasteiger partial charge on any atom is -0.361 e. The van der Waals surface area contributed by atoms with Crippen LogP contribution in [0.25, 0.3) is 22.1 Å². The van der Waals surface area contributed by atoms with E-state index in [0.717, 1.165) is 36.0 Å². The molecule has 1 amide bonds. The molecule has 9 nitrogen and oxygen atoms in total. The van der Waals surface area contributed by atoms with Gasteiger partial charge in [0.2, 0.25) is 5.91 Å². The number of hydrogen-bond acceptors (Lipinski definition) is 4. The predicted molar refractivity (Wildman–Crippen MR) is 126 cm³/mol. The third kappa shape index (κ3) is 3.67. The maximum atomic E-state index is 12.8. The molecule has 1 saturated heterocycles. The van der Waals surface area contributed by atoms with E-state index in [1.165, 1.54) is 22.6 Å². The van der Waals surface area contributed by atoms with Gasteiger partial charge >= 0.3 is 5.69 Å². The summed E-state index contributed by atoms with van der Waals surface area (Å²) in [6.07, 6.45) is 6.64. The molecule has 172 valence electrons. The first-order valence-corrected chi connectivity index (χ1v) is 11.4. The van der Waals surface area contributed by atoms with Crippen molar-refractivity contribution in [3.8, 4) is 0 Å². The van der Waals surface area contributed by atoms with Crippen molar-refractivity contribution in [2.45, 2.75) is 38.1 Å². The summed E-state index contributed by atoms with van der Waals surface area (Å²) in [5.74, 6) is 0.613. The number of para-hydroxylation sites is 1. The third-order valence-electron chi connectivity index (χ3n) is 6.92. The Morgan fingerprint density at radius 3 is 2.67 bits per heavy atom. The number of aromatic nitrogens is 5. The fourth-order valence-electron chi connectivity index (χ4n) is 5.00. The highest BCUT2D eigenvalue weighted by Crippen LogP contribution is 2.33. The Morgan fingerprint density at radius 2 is 1.88 bits per heavy atom. The van der Waals surface area contributed by atoms with Gasteiger partial charge in [-0.2, -0.15) is 0 Å². The van der Waals surface area contributed by atoms with E-state index >= 15 is 0 Å². The van der Waals surface area contributed by atoms with Crippen LogP contribution in [0.1, 0.15) is 37.2 Å². The van der Waals surface area contributed by atoms with Crippen LogP contribution in [0.4, 0.5) is 0 Å². The highest BCUT2D eigenvalue weighted by Gasteiger charge is 2.25. The number of piperidine rings is 1. The first-order chi connectivity index (χ1) is 16.0. The first-order valence-electron chi connectivity index (χ1n) is 11.4. The van der Waals surface area contributed by atoms with Gasteiger partial charge in [-0.3, -0.25) is 18.7 Å². The quantitative estimate of drug-likeness (QED) is 0.506. The average Bonchev–Trinajstić information content (AvgIpc) is 3.46. The molecule has 0 atom stereocenters. The molecule has 0 unspecified atom stereocenters. The van der Waals surface area contributed by atoms with Gasteiger partial charge in [0.05, 0.1) is 6.33 Å². The van der Waals surface area contributed by atoms with Gasteiger partial charge in [-0.05, 0) is 36.8 Å². The van der Waals surface area contributed by atoms with E-state index in [-0.39, 0.29) is 11.5 Å². The lowest BCUT2D eigenvalue weighted by Crippen LogP contribution is -2.38. The maximum absolute atomic E-state index is 12.8. The molecular formula is C24H28N6O3. The summed E-state index contributed by atoms with van der Waals surface area (Å²) >= 11 is 0. The Hall–Kier alpha value is -3.62. The zero-order valence-corrected chi connectivity index (χ0v) is 19.0. The Kier molecular flexibility index (Phi) is 5.39. The molecule has 9 heteroatoms. The number of imidazole rings is 1. The topological polar surface area (TPSA) is 97.9 Å². The largest absolute Gasteiger partial charge is 0.361 e. The molecule has 0 radical (unpaired) electrons. The van der Waals surface area contributed by atoms with Crippen LogP contribution in [-0.4, -0.2) is 47.6 Å². The molecule has 1 aliphatic heterocycles. The van der Waals surface area contributed by atoms with Gasteiger partial charge < -0.3 is 14.5 Å². The first kappa shape index (κ1) is 21.2. The lowest BCUT2D eigenvalue weighted by molar-refractivity contribution is -0.132. The van der Waals surface area contributed by atoms with Gasteiger partial charge in [-0.25, -0.2) is 9.78 Å². The molecule has 3 aromatic heterocycles. The third-order valence-corrected chi connectivity index (χ3v) is 6.92. The predicted octanol–water partition coefficient (Wildman–Crippen LogP) is 2.10. The summed E-state index contributed by atoms with van der Waals surface area (Å²) < 4.78 is 4.20. The lowest BCUT2D eigenvalue weighted by atomic mass is 9.89. The highest BCUT2D eigenvalue weighted by molar-refractivity contribution is 5.83. The fraction of sp³-hybridized carbons (Fsp3) is 0.417. The van der Waals surface area contributed by atoms with Crippen molar-refractivity contribution in [3.05, 3.63) is 63.2 Å². The minimum atomic E-state index is -0.399. The van der Waals surface area contributed by atoms with Crippen molar-refractivity contribution in [1.82, 2.24) is 28.6 Å². The van der Waals surface area contributed by atoms with E-state index in [1.807, 2.05) is 11.0 Å². The van der Waals surface area contributed by atoms with Crippen molar-refractivity contribution >= 4 is 28.0 Å². The highest BCUT2D eigenvalue weighted by atomic mass is 16.2. The molecule has 0 bridgehead atoms. The average molecular weight is 449 g/mol. The number of aryl methyl sites for hydroxylation is 2. The second kappa shape index (κ2) is 8.38. The molecule has 4 heterocycles. The molecule has 1 aromatic carbocycles. The fourth-order valence-corrected chi connectivity index (χ4v) is 5.00. The van der Waals surface area contributed by atoms with Gasteiger partial charge in [0.1, 0.15) is 0 Å². The normalized spacial score (nSPS) is 15.0. The van der Waals surface area contributed by atoms with Crippen LogP contribution in [-0.2, 0) is 25.4 Å². The summed E-state index contributed by atoms with van der Waals surface area (Å²) in [5, 5.41) is 1.28. The number of likely N-dealkylation sites (tertiary alicyclic amines) is 1. The SMILES string of the molecule is Cn1c(=O)c2c(ncn2CCCC(=O)N2CCC(c3c[nH]c4ccccc34)CC2)n(C)c1=O. The van der Waals surface area contributed by atoms with E-state index in [4.69, 9.17) is 0 Å². The molecule has 1 fully saturated rings. The number of carbonyl (C=O) groups is 1. The number of fused-ring (bicyclic) bond motifs is 2. The molecule has 1 aliphatic rings. The molecule has 1 N–H and O–H groups in total. The van der Waals surface area contributed by atoms with Gasteiger partial charge in [-0.15, -0.1) is 0 Å². The van der Waals surface area contributed by atoms with Crippen molar-refractivity contribution < 1.29 is 4.79 Å². The van der Waals surface area contributed by atoms with Crippen molar-refractivity contribution in [3.63, 3.8) is 0 Å². The van der Waals surface area contributed by atoms with Crippen LogP contribution < -0.4 is 11.2 Å². The zero-order valence-electron chi connectivity index (χ0n) is 19.0. The van der Waals surface area contributed by atoms with E-state index in [9.17, 15) is 14.4 Å². The van der Waals surface area contributed by atoms with Gasteiger partial charge in [0, 0.05) is 57.3 Å². The van der Waals surface area contributed by atoms with Crippen LogP contribution in [0.2, 0.25) is 0 Å². The number of aromatic amines is 1.